The molecule has 2 rings (SSSR count). The summed E-state index contributed by atoms with van der Waals surface area (Å²) in [6.07, 6.45) is 3.24. The second-order valence-corrected chi connectivity index (χ2v) is 5.85. The first kappa shape index (κ1) is 20.0. The standard InChI is InChI=1S/C16H27N7O3/c1-4-8-14(18-22-11-13(12-24)26-16(22)25)15-17-20-23(19-15)10-7-9-21(5-2)6-3/h4,8,13,24H,5-7,9-12H2,1-3H3/b8-4-,18-14+/t13-/m1/s1. The Bertz CT molecular complexity index is 640. The molecule has 26 heavy (non-hydrogen) atoms. The summed E-state index contributed by atoms with van der Waals surface area (Å²) < 4.78 is 4.98. The van der Waals surface area contributed by atoms with E-state index in [4.69, 9.17) is 9.84 Å². The first-order valence-corrected chi connectivity index (χ1v) is 8.92. The summed E-state index contributed by atoms with van der Waals surface area (Å²) in [5.41, 5.74) is 0.415. The number of aromatic nitrogens is 4. The Morgan fingerprint density at radius 1 is 1.46 bits per heavy atom. The van der Waals surface area contributed by atoms with Crippen LogP contribution in [-0.4, -0.2) is 85.9 Å². The van der Waals surface area contributed by atoms with Crippen LogP contribution in [0.2, 0.25) is 0 Å². The molecular formula is C16H27N7O3. The molecule has 1 aliphatic rings. The van der Waals surface area contributed by atoms with Crippen molar-refractivity contribution in [3.8, 4) is 0 Å². The fourth-order valence-corrected chi connectivity index (χ4v) is 2.54. The summed E-state index contributed by atoms with van der Waals surface area (Å²) in [5, 5.41) is 27.0. The van der Waals surface area contributed by atoms with E-state index < -0.39 is 12.2 Å². The number of aliphatic hydroxyl groups excluding tert-OH is 1. The number of carbonyl (C=O) groups excluding carboxylic acids is 1. The predicted molar refractivity (Wildman–Crippen MR) is 95.6 cm³/mol. The van der Waals surface area contributed by atoms with Gasteiger partial charge in [0.1, 0.15) is 11.8 Å². The van der Waals surface area contributed by atoms with Crippen LogP contribution in [0.15, 0.2) is 17.3 Å². The number of hydrogen-bond acceptors (Lipinski definition) is 8. The van der Waals surface area contributed by atoms with Crippen LogP contribution in [0.25, 0.3) is 0 Å². The molecule has 1 N–H and O–H groups in total. The predicted octanol–water partition coefficient (Wildman–Crippen LogP) is 0.498. The molecule has 1 aromatic rings. The average Bonchev–Trinajstić information content (AvgIpc) is 3.25. The Labute approximate surface area is 153 Å². The molecule has 1 aromatic heterocycles. The van der Waals surface area contributed by atoms with Gasteiger partial charge < -0.3 is 14.7 Å². The molecule has 0 spiro atoms. The van der Waals surface area contributed by atoms with Crippen LogP contribution >= 0.6 is 0 Å². The minimum absolute atomic E-state index is 0.189. The molecule has 1 amide bonds. The minimum atomic E-state index is -0.599. The highest BCUT2D eigenvalue weighted by atomic mass is 16.6. The number of hydrogen-bond donors (Lipinski definition) is 1. The Kier molecular flexibility index (Phi) is 7.67. The van der Waals surface area contributed by atoms with Gasteiger partial charge in [0.2, 0.25) is 5.82 Å². The highest BCUT2D eigenvalue weighted by Crippen LogP contribution is 2.12. The summed E-state index contributed by atoms with van der Waals surface area (Å²) in [6, 6.07) is 0. The molecule has 1 atom stereocenters. The Morgan fingerprint density at radius 3 is 2.85 bits per heavy atom. The molecule has 0 aromatic carbocycles. The molecule has 0 radical (unpaired) electrons. The summed E-state index contributed by atoms with van der Waals surface area (Å²) in [7, 11) is 0. The molecular weight excluding hydrogens is 338 g/mol. The number of aryl methyl sites for hydroxylation is 1. The molecule has 0 aliphatic carbocycles. The Balaban J connectivity index is 2.03. The molecule has 10 heteroatoms. The van der Waals surface area contributed by atoms with Crippen LogP contribution in [-0.2, 0) is 11.3 Å². The fraction of sp³-hybridized carbons (Fsp3) is 0.688. The van der Waals surface area contributed by atoms with Crippen molar-refractivity contribution >= 4 is 11.8 Å². The maximum Gasteiger partial charge on any atom is 0.430 e. The quantitative estimate of drug-likeness (QED) is 0.601. The van der Waals surface area contributed by atoms with Crippen molar-refractivity contribution < 1.29 is 14.6 Å². The van der Waals surface area contributed by atoms with Crippen molar-refractivity contribution in [2.45, 2.75) is 39.8 Å². The van der Waals surface area contributed by atoms with Crippen molar-refractivity contribution in [2.75, 3.05) is 32.8 Å². The minimum Gasteiger partial charge on any atom is -0.440 e. The van der Waals surface area contributed by atoms with Crippen LogP contribution in [0.5, 0.6) is 0 Å². The van der Waals surface area contributed by atoms with Gasteiger partial charge in [-0.15, -0.1) is 10.2 Å². The molecule has 0 bridgehead atoms. The molecule has 10 nitrogen and oxygen atoms in total. The van der Waals surface area contributed by atoms with Crippen molar-refractivity contribution in [3.63, 3.8) is 0 Å². The zero-order chi connectivity index (χ0) is 18.9. The summed E-state index contributed by atoms with van der Waals surface area (Å²) >= 11 is 0. The third kappa shape index (κ3) is 5.33. The van der Waals surface area contributed by atoms with E-state index in [1.165, 1.54) is 4.80 Å². The molecule has 2 heterocycles. The Hall–Kier alpha value is -2.33. The van der Waals surface area contributed by atoms with Crippen LogP contribution in [0, 0.1) is 0 Å². The van der Waals surface area contributed by atoms with Gasteiger partial charge in [0.25, 0.3) is 0 Å². The van der Waals surface area contributed by atoms with Gasteiger partial charge in [-0.1, -0.05) is 19.9 Å². The highest BCUT2D eigenvalue weighted by Gasteiger charge is 2.31. The summed E-state index contributed by atoms with van der Waals surface area (Å²) in [5.74, 6) is 0.339. The van der Waals surface area contributed by atoms with Gasteiger partial charge in [-0.05, 0) is 44.3 Å². The molecule has 1 fully saturated rings. The van der Waals surface area contributed by atoms with Gasteiger partial charge in [0.05, 0.1) is 19.7 Å². The lowest BCUT2D eigenvalue weighted by atomic mass is 10.3. The van der Waals surface area contributed by atoms with E-state index >= 15 is 0 Å². The third-order valence-corrected chi connectivity index (χ3v) is 4.02. The SMILES string of the molecule is C/C=C\C(=N/N1C[C@H](CO)OC1=O)c1nnn(CCCN(CC)CC)n1. The van der Waals surface area contributed by atoms with Gasteiger partial charge in [-0.3, -0.25) is 0 Å². The second kappa shape index (κ2) is 9.97. The zero-order valence-corrected chi connectivity index (χ0v) is 15.6. The summed E-state index contributed by atoms with van der Waals surface area (Å²) in [4.78, 5) is 15.6. The number of nitrogens with zero attached hydrogens (tertiary/aromatic N) is 7. The maximum absolute atomic E-state index is 11.8. The number of hydrazone groups is 1. The lowest BCUT2D eigenvalue weighted by molar-refractivity contribution is 0.0948. The van der Waals surface area contributed by atoms with Crippen LogP contribution in [0.3, 0.4) is 0 Å². The highest BCUT2D eigenvalue weighted by molar-refractivity contribution is 6.06. The van der Waals surface area contributed by atoms with Gasteiger partial charge in [-0.25, -0.2) is 4.79 Å². The molecule has 0 saturated carbocycles. The number of tetrazole rings is 1. The van der Waals surface area contributed by atoms with E-state index in [1.807, 2.05) is 6.92 Å². The van der Waals surface area contributed by atoms with Crippen molar-refractivity contribution in [1.29, 1.82) is 0 Å². The largest absolute Gasteiger partial charge is 0.440 e. The van der Waals surface area contributed by atoms with E-state index in [0.717, 1.165) is 31.1 Å². The van der Waals surface area contributed by atoms with Gasteiger partial charge in [0.15, 0.2) is 0 Å². The first-order valence-electron chi connectivity index (χ1n) is 8.92. The van der Waals surface area contributed by atoms with Crippen molar-refractivity contribution in [2.24, 2.45) is 5.10 Å². The first-order chi connectivity index (χ1) is 12.6. The number of rotatable bonds is 10. The topological polar surface area (TPSA) is 109 Å². The number of allylic oxidation sites excluding steroid dienone is 2. The van der Waals surface area contributed by atoms with Crippen LogP contribution in [0.4, 0.5) is 4.79 Å². The van der Waals surface area contributed by atoms with Crippen molar-refractivity contribution in [1.82, 2.24) is 30.1 Å². The number of ether oxygens (including phenoxy) is 1. The van der Waals surface area contributed by atoms with E-state index in [0.29, 0.717) is 18.1 Å². The molecule has 144 valence electrons. The van der Waals surface area contributed by atoms with E-state index in [2.05, 4.69) is 39.3 Å². The second-order valence-electron chi connectivity index (χ2n) is 5.85. The fourth-order valence-electron chi connectivity index (χ4n) is 2.54. The third-order valence-electron chi connectivity index (χ3n) is 4.02. The van der Waals surface area contributed by atoms with Gasteiger partial charge >= 0.3 is 6.09 Å². The number of cyclic esters (lactones) is 1. The molecule has 0 unspecified atom stereocenters. The van der Waals surface area contributed by atoms with Crippen LogP contribution in [0.1, 0.15) is 33.0 Å². The number of aliphatic hydroxyl groups is 1. The van der Waals surface area contributed by atoms with Gasteiger partial charge in [-0.2, -0.15) is 14.9 Å². The van der Waals surface area contributed by atoms with Gasteiger partial charge in [0, 0.05) is 0 Å². The average molecular weight is 365 g/mol. The molecule has 1 saturated heterocycles. The van der Waals surface area contributed by atoms with Crippen LogP contribution < -0.4 is 0 Å². The zero-order valence-electron chi connectivity index (χ0n) is 15.6. The maximum atomic E-state index is 11.8. The monoisotopic (exact) mass is 365 g/mol. The van der Waals surface area contributed by atoms with E-state index in [-0.39, 0.29) is 13.2 Å². The lowest BCUT2D eigenvalue weighted by Crippen LogP contribution is -2.25. The normalized spacial score (nSPS) is 18.3. The smallest absolute Gasteiger partial charge is 0.430 e. The Morgan fingerprint density at radius 2 is 2.23 bits per heavy atom. The summed E-state index contributed by atoms with van der Waals surface area (Å²) in [6.45, 7) is 9.73. The molecule has 1 aliphatic heterocycles. The lowest BCUT2D eigenvalue weighted by Gasteiger charge is -2.16. The van der Waals surface area contributed by atoms with Crippen molar-refractivity contribution in [3.05, 3.63) is 18.0 Å². The number of carbonyl (C=O) groups is 1. The van der Waals surface area contributed by atoms with E-state index in [9.17, 15) is 4.79 Å². The number of amides is 1. The van der Waals surface area contributed by atoms with E-state index in [1.54, 1.807) is 12.2 Å².